The molecule has 74 valence electrons. The van der Waals surface area contributed by atoms with E-state index in [4.69, 9.17) is 11.6 Å². The second-order valence-corrected chi connectivity index (χ2v) is 2.79. The van der Waals surface area contributed by atoms with Crippen LogP contribution in [0.3, 0.4) is 0 Å². The Kier molecular flexibility index (Phi) is 3.14. The van der Waals surface area contributed by atoms with Gasteiger partial charge in [0.25, 0.3) is 5.24 Å². The molecule has 0 bridgehead atoms. The Morgan fingerprint density at radius 3 is 2.64 bits per heavy atom. The number of rotatable bonds is 2. The van der Waals surface area contributed by atoms with Crippen LogP contribution in [0.15, 0.2) is 6.20 Å². The van der Waals surface area contributed by atoms with Gasteiger partial charge in [0, 0.05) is 6.20 Å². The Hall–Kier alpha value is -1.49. The van der Waals surface area contributed by atoms with Crippen molar-refractivity contribution >= 4 is 22.8 Å². The molecule has 1 rings (SSSR count). The summed E-state index contributed by atoms with van der Waals surface area (Å²) in [4.78, 5) is 29.6. The maximum Gasteiger partial charge on any atom is 0.341 e. The van der Waals surface area contributed by atoms with Gasteiger partial charge in [-0.1, -0.05) is 0 Å². The third-order valence-corrected chi connectivity index (χ3v) is 1.68. The van der Waals surface area contributed by atoms with E-state index in [0.717, 1.165) is 0 Å². The van der Waals surface area contributed by atoms with E-state index in [1.807, 2.05) is 0 Å². The summed E-state index contributed by atoms with van der Waals surface area (Å²) in [5.74, 6) is -0.323. The van der Waals surface area contributed by atoms with E-state index < -0.39 is 11.2 Å². The molecule has 5 nitrogen and oxygen atoms in total. The summed E-state index contributed by atoms with van der Waals surface area (Å²) in [5.41, 5.74) is -0.163. The van der Waals surface area contributed by atoms with E-state index in [1.54, 1.807) is 6.92 Å². The van der Waals surface area contributed by atoms with Crippen molar-refractivity contribution in [2.45, 2.75) is 6.92 Å². The third-order valence-electron chi connectivity index (χ3n) is 1.50. The number of halogens is 1. The number of ether oxygens (including phenoxy) is 1. The van der Waals surface area contributed by atoms with E-state index in [9.17, 15) is 9.59 Å². The predicted octanol–water partition coefficient (Wildman–Crippen LogP) is 0.951. The molecule has 0 aliphatic heterocycles. The highest BCUT2D eigenvalue weighted by Gasteiger charge is 2.18. The molecule has 0 aliphatic carbocycles. The summed E-state index contributed by atoms with van der Waals surface area (Å²) in [6.07, 6.45) is 1.21. The summed E-state index contributed by atoms with van der Waals surface area (Å²) in [6.45, 7) is 1.59. The van der Waals surface area contributed by atoms with Crippen LogP contribution in [0, 0.1) is 6.92 Å². The first-order valence-electron chi connectivity index (χ1n) is 3.68. The molecular formula is C8H7ClN2O3. The van der Waals surface area contributed by atoms with Crippen LogP contribution in [0.4, 0.5) is 0 Å². The number of hydrogen-bond acceptors (Lipinski definition) is 5. The first kappa shape index (κ1) is 10.6. The Labute approximate surface area is 85.1 Å². The second kappa shape index (κ2) is 4.15. The molecule has 0 saturated carbocycles. The topological polar surface area (TPSA) is 69.2 Å². The van der Waals surface area contributed by atoms with Crippen LogP contribution in [0.5, 0.6) is 0 Å². The van der Waals surface area contributed by atoms with E-state index in [0.29, 0.717) is 5.82 Å². The average Bonchev–Trinajstić information content (AvgIpc) is 2.16. The van der Waals surface area contributed by atoms with Gasteiger partial charge in [0.05, 0.1) is 7.11 Å². The highest BCUT2D eigenvalue weighted by molar-refractivity contribution is 6.67. The van der Waals surface area contributed by atoms with Crippen molar-refractivity contribution in [3.05, 3.63) is 23.3 Å². The molecule has 0 aromatic carbocycles. The number of nitrogens with zero attached hydrogens (tertiary/aromatic N) is 2. The molecular weight excluding hydrogens is 208 g/mol. The Morgan fingerprint density at radius 2 is 2.14 bits per heavy atom. The smallest absolute Gasteiger partial charge is 0.341 e. The number of carbonyl (C=O) groups is 2. The van der Waals surface area contributed by atoms with Crippen LogP contribution in [0.1, 0.15) is 26.7 Å². The lowest BCUT2D eigenvalue weighted by Gasteiger charge is -2.02. The highest BCUT2D eigenvalue weighted by atomic mass is 35.5. The van der Waals surface area contributed by atoms with Crippen LogP contribution in [0.25, 0.3) is 0 Å². The molecule has 0 amide bonds. The lowest BCUT2D eigenvalue weighted by Crippen LogP contribution is -2.11. The maximum atomic E-state index is 11.1. The van der Waals surface area contributed by atoms with Crippen molar-refractivity contribution < 1.29 is 14.3 Å². The van der Waals surface area contributed by atoms with E-state index in [1.165, 1.54) is 13.3 Å². The van der Waals surface area contributed by atoms with Gasteiger partial charge in [0.1, 0.15) is 17.1 Å². The SMILES string of the molecule is COC(=O)c1cnc(C)nc1C(=O)Cl. The first-order chi connectivity index (χ1) is 6.56. The van der Waals surface area contributed by atoms with E-state index in [2.05, 4.69) is 14.7 Å². The molecule has 0 atom stereocenters. The standard InChI is InChI=1S/C8H7ClN2O3/c1-4-10-3-5(8(13)14-2)6(11-4)7(9)12/h3H,1-2H3. The highest BCUT2D eigenvalue weighted by Crippen LogP contribution is 2.09. The third kappa shape index (κ3) is 2.05. The van der Waals surface area contributed by atoms with Gasteiger partial charge in [-0.2, -0.15) is 0 Å². The van der Waals surface area contributed by atoms with Gasteiger partial charge in [-0.15, -0.1) is 0 Å². The van der Waals surface area contributed by atoms with Gasteiger partial charge < -0.3 is 4.74 Å². The summed E-state index contributed by atoms with van der Waals surface area (Å²) < 4.78 is 4.44. The monoisotopic (exact) mass is 214 g/mol. The van der Waals surface area contributed by atoms with E-state index in [-0.39, 0.29) is 11.3 Å². The second-order valence-electron chi connectivity index (χ2n) is 2.44. The molecule has 0 radical (unpaired) electrons. The Balaban J connectivity index is 3.28. The summed E-state index contributed by atoms with van der Waals surface area (Å²) >= 11 is 5.24. The fourth-order valence-corrected chi connectivity index (χ4v) is 1.02. The average molecular weight is 215 g/mol. The Morgan fingerprint density at radius 1 is 1.50 bits per heavy atom. The number of aryl methyl sites for hydroxylation is 1. The number of methoxy groups -OCH3 is 1. The lowest BCUT2D eigenvalue weighted by molar-refractivity contribution is 0.0596. The van der Waals surface area contributed by atoms with Crippen LogP contribution < -0.4 is 0 Å². The quantitative estimate of drug-likeness (QED) is 0.542. The predicted molar refractivity (Wildman–Crippen MR) is 48.3 cm³/mol. The fourth-order valence-electron chi connectivity index (χ4n) is 0.879. The molecule has 6 heteroatoms. The molecule has 1 heterocycles. The van der Waals surface area contributed by atoms with Crippen molar-refractivity contribution in [2.24, 2.45) is 0 Å². The minimum atomic E-state index is -0.809. The van der Waals surface area contributed by atoms with Crippen LogP contribution in [0.2, 0.25) is 0 Å². The molecule has 14 heavy (non-hydrogen) atoms. The van der Waals surface area contributed by atoms with Gasteiger partial charge in [0.15, 0.2) is 0 Å². The van der Waals surface area contributed by atoms with Crippen molar-refractivity contribution in [2.75, 3.05) is 7.11 Å². The lowest BCUT2D eigenvalue weighted by atomic mass is 10.2. The van der Waals surface area contributed by atoms with Crippen molar-refractivity contribution in [3.63, 3.8) is 0 Å². The number of esters is 1. The van der Waals surface area contributed by atoms with Crippen LogP contribution in [-0.4, -0.2) is 28.3 Å². The van der Waals surface area contributed by atoms with Gasteiger partial charge in [0.2, 0.25) is 0 Å². The van der Waals surface area contributed by atoms with Gasteiger partial charge in [-0.3, -0.25) is 4.79 Å². The Bertz CT molecular complexity index is 392. The molecule has 0 saturated heterocycles. The molecule has 0 aliphatic rings. The normalized spacial score (nSPS) is 9.64. The van der Waals surface area contributed by atoms with Crippen molar-refractivity contribution in [1.29, 1.82) is 0 Å². The fraction of sp³-hybridized carbons (Fsp3) is 0.250. The largest absolute Gasteiger partial charge is 0.465 e. The zero-order chi connectivity index (χ0) is 10.7. The molecule has 1 aromatic rings. The molecule has 0 N–H and O–H groups in total. The number of aromatic nitrogens is 2. The molecule has 0 fully saturated rings. The minimum Gasteiger partial charge on any atom is -0.465 e. The van der Waals surface area contributed by atoms with E-state index >= 15 is 0 Å². The van der Waals surface area contributed by atoms with Gasteiger partial charge in [-0.05, 0) is 18.5 Å². The summed E-state index contributed by atoms with van der Waals surface area (Å²) in [7, 11) is 1.20. The number of hydrogen-bond donors (Lipinski definition) is 0. The van der Waals surface area contributed by atoms with Gasteiger partial charge >= 0.3 is 5.97 Å². The maximum absolute atomic E-state index is 11.1. The zero-order valence-electron chi connectivity index (χ0n) is 7.57. The molecule has 0 unspecified atom stereocenters. The summed E-state index contributed by atoms with van der Waals surface area (Å²) in [5, 5.41) is -0.809. The van der Waals surface area contributed by atoms with Crippen molar-refractivity contribution in [1.82, 2.24) is 9.97 Å². The molecule has 0 spiro atoms. The van der Waals surface area contributed by atoms with Crippen LogP contribution in [-0.2, 0) is 4.74 Å². The summed E-state index contributed by atoms with van der Waals surface area (Å²) in [6, 6.07) is 0. The first-order valence-corrected chi connectivity index (χ1v) is 4.06. The number of carbonyl (C=O) groups excluding carboxylic acids is 2. The zero-order valence-corrected chi connectivity index (χ0v) is 8.33. The minimum absolute atomic E-state index is 0.0295. The molecule has 1 aromatic heterocycles. The van der Waals surface area contributed by atoms with Crippen molar-refractivity contribution in [3.8, 4) is 0 Å². The van der Waals surface area contributed by atoms with Crippen LogP contribution >= 0.6 is 11.6 Å². The van der Waals surface area contributed by atoms with Gasteiger partial charge in [-0.25, -0.2) is 14.8 Å².